The Labute approximate surface area is 765 Å². The van der Waals surface area contributed by atoms with Gasteiger partial charge in [0.2, 0.25) is 0 Å². The van der Waals surface area contributed by atoms with E-state index in [1.807, 2.05) is 36.4 Å². The minimum absolute atomic E-state index is 0.0213. The molecule has 0 spiro atoms. The summed E-state index contributed by atoms with van der Waals surface area (Å²) in [6, 6.07) is 50.4. The second-order valence-corrected chi connectivity index (χ2v) is 34.1. The van der Waals surface area contributed by atoms with Gasteiger partial charge in [-0.1, -0.05) is 180 Å². The number of ether oxygens (including phenoxy) is 1. The summed E-state index contributed by atoms with van der Waals surface area (Å²) < 4.78 is 514. The average molecular weight is 2130 g/mol. The molecule has 135 heavy (non-hydrogen) atoms. The Bertz CT molecular complexity index is 5880. The molecule has 0 aliphatic heterocycles. The highest BCUT2D eigenvalue weighted by atomic mass is 127. The van der Waals surface area contributed by atoms with E-state index in [1.54, 1.807) is 0 Å². The van der Waals surface area contributed by atoms with Gasteiger partial charge in [-0.15, -0.1) is 43.7 Å². The smallest absolute Gasteiger partial charge is 0.357 e. The van der Waals surface area contributed by atoms with E-state index in [4.69, 9.17) is 10.00 Å². The van der Waals surface area contributed by atoms with Crippen molar-refractivity contribution in [3.63, 3.8) is 0 Å². The van der Waals surface area contributed by atoms with Crippen molar-refractivity contribution >= 4 is 105 Å². The molecular weight excluding hydrogens is 2080 g/mol. The number of hydrogen-bond acceptors (Lipinski definition) is 2. The van der Waals surface area contributed by atoms with Gasteiger partial charge in [0.25, 0.3) is 0 Å². The topological polar surface area (TPSA) is 33.0 Å². The summed E-state index contributed by atoms with van der Waals surface area (Å²) in [5, 5.41) is 8.68. The average Bonchev–Trinajstić information content (AvgIpc) is 0.682. The molecule has 0 amide bonds. The van der Waals surface area contributed by atoms with Gasteiger partial charge in [0.15, 0.2) is 107 Å². The van der Waals surface area contributed by atoms with E-state index in [1.165, 1.54) is 25.4 Å². The predicted octanol–water partition coefficient (Wildman–Crippen LogP) is 16.9. The van der Waals surface area contributed by atoms with Crippen LogP contribution in [0.5, 0.6) is 0 Å². The van der Waals surface area contributed by atoms with Crippen LogP contribution in [0.4, 0.5) is 140 Å². The van der Waals surface area contributed by atoms with Gasteiger partial charge in [-0.3, -0.25) is 0 Å². The number of halogens is 34. The van der Waals surface area contributed by atoms with Crippen LogP contribution in [0, 0.1) is 212 Å². The molecule has 0 atom stereocenters. The molecule has 0 aromatic heterocycles. The Morgan fingerprint density at radius 1 is 0.207 bits per heavy atom. The number of benzene rings is 13. The van der Waals surface area contributed by atoms with E-state index >= 15 is 140 Å². The second-order valence-electron chi connectivity index (χ2n) is 28.0. The molecule has 0 radical (unpaired) electrons. The van der Waals surface area contributed by atoms with E-state index in [9.17, 15) is 0 Å². The number of nitrogens with zero attached hydrogens (tertiary/aromatic N) is 1. The van der Waals surface area contributed by atoms with Crippen molar-refractivity contribution in [3.8, 4) is 6.07 Å². The number of hydrogen-bond donors (Lipinski definition) is 0. The molecule has 0 saturated carbocycles. The molecule has 0 N–H and O–H groups in total. The largest absolute Gasteiger partial charge is 0.372 e. The van der Waals surface area contributed by atoms with E-state index in [2.05, 4.69) is 162 Å². The fraction of sp³-hybridized carbons (Fsp3) is 0.0206. The number of nitriles is 1. The van der Waals surface area contributed by atoms with Gasteiger partial charge in [-0.2, -0.15) is 5.26 Å². The Kier molecular flexibility index (Phi) is 32.9. The quantitative estimate of drug-likeness (QED) is 0.0261. The summed E-state index contributed by atoms with van der Waals surface area (Å²) >= 11 is -0.174. The van der Waals surface area contributed by atoms with E-state index in [0.717, 1.165) is 5.56 Å². The zero-order chi connectivity index (χ0) is 99.9. The molecule has 38 heteroatoms. The summed E-state index contributed by atoms with van der Waals surface area (Å²) in [5.74, 6) is -95.0. The van der Waals surface area contributed by atoms with Gasteiger partial charge in [-0.05, 0) is 71.8 Å². The predicted molar refractivity (Wildman–Crippen MR) is 440 cm³/mol. The van der Waals surface area contributed by atoms with Gasteiger partial charge in [0, 0.05) is 0 Å². The standard InChI is InChI=1S/2C32H12BF16.C20H18IO.C13H9IN/c2*1-5-9-17(34)25(42)13(26(43)18(9)35)33(14-27(44)19(36)10(6-2)20(37)28(14)45,15-29(46)21(38)11(7-3)22(39)30(15)47)16-31(48)23(40)12(8-4)24(41)32(16)49;1-3-7-17(8-4-1)15-22-16-18-11-13-20(14-12-18)21-19-9-5-2-6-10-19;15-10-11-6-8-13(9-7-11)14-12-4-2-1-3-5-12/h2*5-8H,1-4H2;1-14H,15-16H2;1-9H/q2*-1;2*+1. The van der Waals surface area contributed by atoms with Gasteiger partial charge in [-0.25, -0.2) is 140 Å². The zero-order valence-electron chi connectivity index (χ0n) is 67.8. The molecule has 0 aliphatic rings. The van der Waals surface area contributed by atoms with Crippen LogP contribution in [0.1, 0.15) is 61.2 Å². The number of rotatable bonds is 24. The lowest BCUT2D eigenvalue weighted by Crippen LogP contribution is -3.61. The first-order valence-electron chi connectivity index (χ1n) is 37.8. The third-order valence-electron chi connectivity index (χ3n) is 20.9. The fourth-order valence-electron chi connectivity index (χ4n) is 14.8. The van der Waals surface area contributed by atoms with Crippen LogP contribution >= 0.6 is 0 Å². The highest BCUT2D eigenvalue weighted by Gasteiger charge is 2.55. The lowest BCUT2D eigenvalue weighted by atomic mass is 9.12. The van der Waals surface area contributed by atoms with E-state index < -0.39 is 287 Å². The molecule has 0 saturated heterocycles. The lowest BCUT2D eigenvalue weighted by Gasteiger charge is -2.45. The lowest BCUT2D eigenvalue weighted by molar-refractivity contribution is -0.597. The van der Waals surface area contributed by atoms with Gasteiger partial charge in [0.1, 0.15) is 105 Å². The van der Waals surface area contributed by atoms with Crippen molar-refractivity contribution < 1.29 is 188 Å². The molecular formula is C97H51B2F32I2NO. The van der Waals surface area contributed by atoms with Crippen LogP contribution in [-0.4, -0.2) is 12.3 Å². The Balaban J connectivity index is 0.000000204. The van der Waals surface area contributed by atoms with E-state index in [0.29, 0.717) is 13.2 Å². The summed E-state index contributed by atoms with van der Waals surface area (Å²) in [6.07, 6.45) is -13.3. The van der Waals surface area contributed by atoms with Crippen LogP contribution in [0.2, 0.25) is 0 Å². The Hall–Kier alpha value is -13.4. The minimum atomic E-state index is -6.71. The third kappa shape index (κ3) is 18.5. The molecule has 13 aromatic rings. The third-order valence-corrected chi connectivity index (χ3v) is 26.3. The van der Waals surface area contributed by atoms with Crippen LogP contribution in [0.25, 0.3) is 48.6 Å². The van der Waals surface area contributed by atoms with Crippen molar-refractivity contribution in [3.05, 3.63) is 454 Å². The highest BCUT2D eigenvalue weighted by Crippen LogP contribution is 2.37. The molecule has 2 nitrogen and oxygen atoms in total. The molecule has 13 rings (SSSR count). The first-order chi connectivity index (χ1) is 64.0. The minimum Gasteiger partial charge on any atom is -0.372 e. The van der Waals surface area contributed by atoms with Crippen LogP contribution in [0.15, 0.2) is 192 Å². The summed E-state index contributed by atoms with van der Waals surface area (Å²) in [6.45, 7) is 23.9. The monoisotopic (exact) mass is 2130 g/mol. The van der Waals surface area contributed by atoms with Crippen LogP contribution < -0.4 is 86.1 Å². The first kappa shape index (κ1) is 104. The summed E-state index contributed by atoms with van der Waals surface area (Å²) in [4.78, 5) is 0. The van der Waals surface area contributed by atoms with Crippen molar-refractivity contribution in [2.75, 3.05) is 0 Å². The molecule has 13 aromatic carbocycles. The normalized spacial score (nSPS) is 11.2. The molecule has 0 fully saturated rings. The summed E-state index contributed by atoms with van der Waals surface area (Å²) in [5.41, 5.74) is -36.2. The Morgan fingerprint density at radius 2 is 0.356 bits per heavy atom. The zero-order valence-corrected chi connectivity index (χ0v) is 72.1. The van der Waals surface area contributed by atoms with Gasteiger partial charge in [0.05, 0.1) is 69.4 Å². The molecule has 0 unspecified atom stereocenters. The molecule has 694 valence electrons. The maximum atomic E-state index is 16.1. The fourth-order valence-corrected chi connectivity index (χ4v) is 19.3. The van der Waals surface area contributed by atoms with Crippen molar-refractivity contribution in [1.82, 2.24) is 0 Å². The van der Waals surface area contributed by atoms with Crippen molar-refractivity contribution in [2.24, 2.45) is 0 Å². The first-order valence-corrected chi connectivity index (χ1v) is 42.1. The second kappa shape index (κ2) is 42.9. The van der Waals surface area contributed by atoms with Crippen molar-refractivity contribution in [1.29, 1.82) is 5.26 Å². The van der Waals surface area contributed by atoms with Gasteiger partial charge >= 0.3 is 42.4 Å². The van der Waals surface area contributed by atoms with Crippen LogP contribution in [0.3, 0.4) is 0 Å². The van der Waals surface area contributed by atoms with E-state index in [-0.39, 0.29) is 91.0 Å². The maximum absolute atomic E-state index is 16.1. The maximum Gasteiger partial charge on any atom is 0.357 e. The van der Waals surface area contributed by atoms with Crippen molar-refractivity contribution in [2.45, 2.75) is 13.2 Å². The molecule has 0 aliphatic carbocycles. The highest BCUT2D eigenvalue weighted by molar-refractivity contribution is 7.21. The Morgan fingerprint density at radius 3 is 0.519 bits per heavy atom. The van der Waals surface area contributed by atoms with Crippen LogP contribution in [-0.2, 0) is 18.0 Å². The SMILES string of the molecule is C=Cc1c(F)c(F)c([B-](c2c(F)c(F)c(C=C)c(F)c2F)(c2c(F)c(F)c(C=C)c(F)c2F)c2c(F)c(F)c(C=C)c(F)c2F)c(F)c1F.C=Cc1c(F)c(F)c([B-](c2c(F)c(F)c(C=C)c(F)c2F)(c2c(F)c(F)c(C=C)c(F)c2F)c2c(F)c(F)c(C=C)c(F)c2F)c(F)c1F.N#Cc1ccc([I+]c2ccccc2)cc1.c1ccc(COCc2ccc([I+]c3ccccc3)cc2)cc1. The van der Waals surface area contributed by atoms with Gasteiger partial charge < -0.3 is 4.74 Å². The summed E-state index contributed by atoms with van der Waals surface area (Å²) in [7, 11) is 0. The molecule has 0 heterocycles. The molecule has 0 bridgehead atoms.